The van der Waals surface area contributed by atoms with E-state index in [4.69, 9.17) is 17.0 Å². The van der Waals surface area contributed by atoms with Crippen molar-refractivity contribution in [1.29, 1.82) is 0 Å². The molecule has 154 valence electrons. The van der Waals surface area contributed by atoms with Gasteiger partial charge in [0.15, 0.2) is 5.11 Å². The van der Waals surface area contributed by atoms with Crippen molar-refractivity contribution in [3.8, 4) is 0 Å². The second-order valence-electron chi connectivity index (χ2n) is 6.44. The van der Waals surface area contributed by atoms with Gasteiger partial charge in [0.25, 0.3) is 5.69 Å². The summed E-state index contributed by atoms with van der Waals surface area (Å²) in [6.45, 7) is 1.75. The molecule has 3 aromatic rings. The first kappa shape index (κ1) is 21.4. The van der Waals surface area contributed by atoms with Gasteiger partial charge in [-0.2, -0.15) is 0 Å². The van der Waals surface area contributed by atoms with E-state index in [0.717, 1.165) is 10.4 Å². The second-order valence-corrected chi connectivity index (χ2v) is 7.99. The lowest BCUT2D eigenvalue weighted by molar-refractivity contribution is -0.384. The Morgan fingerprint density at radius 3 is 2.53 bits per heavy atom. The Labute approximate surface area is 182 Å². The first-order valence-electron chi connectivity index (χ1n) is 8.95. The largest absolute Gasteiger partial charge is 0.465 e. The van der Waals surface area contributed by atoms with Crippen molar-refractivity contribution in [2.75, 3.05) is 17.7 Å². The molecule has 9 heteroatoms. The van der Waals surface area contributed by atoms with Crippen LogP contribution < -0.4 is 10.6 Å². The number of aryl methyl sites for hydroxylation is 1. The summed E-state index contributed by atoms with van der Waals surface area (Å²) in [4.78, 5) is 23.6. The SMILES string of the molecule is COC(=O)c1cc(Cc2ccccc2)sc1NC(=S)Nc1ccc([N+](=O)[O-])cc1C. The number of nitrogens with one attached hydrogen (secondary N) is 2. The number of anilines is 2. The quantitative estimate of drug-likeness (QED) is 0.236. The van der Waals surface area contributed by atoms with Crippen molar-refractivity contribution in [2.24, 2.45) is 0 Å². The Kier molecular flexibility index (Phi) is 6.76. The first-order chi connectivity index (χ1) is 14.4. The van der Waals surface area contributed by atoms with Gasteiger partial charge in [0.1, 0.15) is 5.00 Å². The standard InChI is InChI=1S/C21H19N3O4S2/c1-13-10-15(24(26)27)8-9-18(13)22-21(29)23-19-17(20(25)28-2)12-16(30-19)11-14-6-4-3-5-7-14/h3-10,12H,11H2,1-2H3,(H2,22,23,29). The summed E-state index contributed by atoms with van der Waals surface area (Å²) in [6, 6.07) is 16.2. The number of ether oxygens (including phenoxy) is 1. The minimum absolute atomic E-state index is 0.00807. The van der Waals surface area contributed by atoms with Gasteiger partial charge in [-0.25, -0.2) is 4.79 Å². The number of carbonyl (C=O) groups is 1. The Morgan fingerprint density at radius 2 is 1.90 bits per heavy atom. The number of esters is 1. The molecule has 0 saturated carbocycles. The van der Waals surface area contributed by atoms with Crippen LogP contribution >= 0.6 is 23.6 Å². The van der Waals surface area contributed by atoms with Gasteiger partial charge >= 0.3 is 5.97 Å². The van der Waals surface area contributed by atoms with Gasteiger partial charge in [-0.1, -0.05) is 30.3 Å². The van der Waals surface area contributed by atoms with Crippen LogP contribution in [0.3, 0.4) is 0 Å². The molecule has 0 spiro atoms. The van der Waals surface area contributed by atoms with E-state index in [1.54, 1.807) is 19.1 Å². The van der Waals surface area contributed by atoms with Crippen LogP contribution in [0, 0.1) is 17.0 Å². The highest BCUT2D eigenvalue weighted by Gasteiger charge is 2.18. The van der Waals surface area contributed by atoms with Crippen LogP contribution in [0.5, 0.6) is 0 Å². The molecule has 3 rings (SSSR count). The monoisotopic (exact) mass is 441 g/mol. The van der Waals surface area contributed by atoms with Crippen molar-refractivity contribution in [3.63, 3.8) is 0 Å². The minimum Gasteiger partial charge on any atom is -0.465 e. The van der Waals surface area contributed by atoms with E-state index in [-0.39, 0.29) is 10.8 Å². The predicted molar refractivity (Wildman–Crippen MR) is 123 cm³/mol. The molecule has 0 amide bonds. The topological polar surface area (TPSA) is 93.5 Å². The molecule has 0 aliphatic carbocycles. The Bertz CT molecular complexity index is 1100. The second kappa shape index (κ2) is 9.47. The molecule has 0 aliphatic heterocycles. The van der Waals surface area contributed by atoms with Crippen LogP contribution in [0.15, 0.2) is 54.6 Å². The number of thiocarbonyl (C=S) groups is 1. The lowest BCUT2D eigenvalue weighted by Gasteiger charge is -2.12. The molecule has 1 heterocycles. The molecular weight excluding hydrogens is 422 g/mol. The molecular formula is C21H19N3O4S2. The van der Waals surface area contributed by atoms with Crippen molar-refractivity contribution in [3.05, 3.63) is 86.3 Å². The minimum atomic E-state index is -0.456. The summed E-state index contributed by atoms with van der Waals surface area (Å²) in [7, 11) is 1.33. The van der Waals surface area contributed by atoms with Crippen molar-refractivity contribution < 1.29 is 14.5 Å². The van der Waals surface area contributed by atoms with Crippen LogP contribution in [0.4, 0.5) is 16.4 Å². The van der Waals surface area contributed by atoms with Gasteiger partial charge in [-0.05, 0) is 42.4 Å². The van der Waals surface area contributed by atoms with Gasteiger partial charge in [0.05, 0.1) is 17.6 Å². The molecule has 1 aromatic heterocycles. The number of methoxy groups -OCH3 is 1. The highest BCUT2D eigenvalue weighted by molar-refractivity contribution is 7.80. The third-order valence-electron chi connectivity index (χ3n) is 4.31. The smallest absolute Gasteiger partial charge is 0.340 e. The number of non-ortho nitro benzene ring substituents is 1. The van der Waals surface area contributed by atoms with Crippen LogP contribution in [0.1, 0.15) is 26.4 Å². The van der Waals surface area contributed by atoms with Crippen LogP contribution in [-0.4, -0.2) is 23.1 Å². The maximum atomic E-state index is 12.2. The average Bonchev–Trinajstić information content (AvgIpc) is 3.11. The van der Waals surface area contributed by atoms with Crippen LogP contribution in [0.25, 0.3) is 0 Å². The number of benzene rings is 2. The van der Waals surface area contributed by atoms with E-state index >= 15 is 0 Å². The van der Waals surface area contributed by atoms with Gasteiger partial charge in [-0.15, -0.1) is 11.3 Å². The van der Waals surface area contributed by atoms with E-state index in [0.29, 0.717) is 28.2 Å². The normalized spacial score (nSPS) is 10.3. The van der Waals surface area contributed by atoms with Crippen LogP contribution in [-0.2, 0) is 11.2 Å². The summed E-state index contributed by atoms with van der Waals surface area (Å²) < 4.78 is 4.90. The van der Waals surface area contributed by atoms with Gasteiger partial charge in [0, 0.05) is 29.1 Å². The molecule has 0 saturated heterocycles. The van der Waals surface area contributed by atoms with Crippen molar-refractivity contribution in [2.45, 2.75) is 13.3 Å². The zero-order valence-electron chi connectivity index (χ0n) is 16.3. The summed E-state index contributed by atoms with van der Waals surface area (Å²) >= 11 is 6.80. The van der Waals surface area contributed by atoms with Gasteiger partial charge in [-0.3, -0.25) is 10.1 Å². The molecule has 0 fully saturated rings. The highest BCUT2D eigenvalue weighted by atomic mass is 32.1. The molecule has 7 nitrogen and oxygen atoms in total. The van der Waals surface area contributed by atoms with E-state index in [1.165, 1.54) is 30.6 Å². The Balaban J connectivity index is 1.78. The van der Waals surface area contributed by atoms with Crippen LogP contribution in [0.2, 0.25) is 0 Å². The van der Waals surface area contributed by atoms with Crippen molar-refractivity contribution >= 4 is 51.0 Å². The summed E-state index contributed by atoms with van der Waals surface area (Å²) in [6.07, 6.45) is 0.679. The number of nitro benzene ring substituents is 1. The number of rotatable bonds is 6. The molecule has 0 aliphatic rings. The third-order valence-corrected chi connectivity index (χ3v) is 5.56. The lowest BCUT2D eigenvalue weighted by Crippen LogP contribution is -2.20. The summed E-state index contributed by atoms with van der Waals surface area (Å²) in [5, 5.41) is 17.8. The molecule has 2 aromatic carbocycles. The third kappa shape index (κ3) is 5.19. The van der Waals surface area contributed by atoms with Gasteiger partial charge < -0.3 is 15.4 Å². The average molecular weight is 442 g/mol. The number of nitro groups is 1. The fraction of sp³-hybridized carbons (Fsp3) is 0.143. The molecule has 0 unspecified atom stereocenters. The first-order valence-corrected chi connectivity index (χ1v) is 10.2. The lowest BCUT2D eigenvalue weighted by atomic mass is 10.1. The maximum absolute atomic E-state index is 12.2. The number of hydrogen-bond acceptors (Lipinski definition) is 6. The van der Waals surface area contributed by atoms with E-state index in [9.17, 15) is 14.9 Å². The highest BCUT2D eigenvalue weighted by Crippen LogP contribution is 2.31. The van der Waals surface area contributed by atoms with Gasteiger partial charge in [0.2, 0.25) is 0 Å². The van der Waals surface area contributed by atoms with Crippen molar-refractivity contribution in [1.82, 2.24) is 0 Å². The zero-order valence-corrected chi connectivity index (χ0v) is 17.9. The summed E-state index contributed by atoms with van der Waals surface area (Å²) in [5.74, 6) is -0.456. The Hall–Kier alpha value is -3.30. The number of thiophene rings is 1. The van der Waals surface area contributed by atoms with E-state index in [2.05, 4.69) is 10.6 Å². The zero-order chi connectivity index (χ0) is 21.7. The molecule has 0 bridgehead atoms. The van der Waals surface area contributed by atoms with E-state index < -0.39 is 10.9 Å². The number of carbonyl (C=O) groups excluding carboxylic acids is 1. The predicted octanol–water partition coefficient (Wildman–Crippen LogP) is 5.15. The maximum Gasteiger partial charge on any atom is 0.340 e. The summed E-state index contributed by atoms with van der Waals surface area (Å²) in [5.41, 5.74) is 2.85. The molecule has 0 radical (unpaired) electrons. The molecule has 30 heavy (non-hydrogen) atoms. The Morgan fingerprint density at radius 1 is 1.17 bits per heavy atom. The fourth-order valence-corrected chi connectivity index (χ4v) is 4.20. The number of hydrogen-bond donors (Lipinski definition) is 2. The number of nitrogens with zero attached hydrogens (tertiary/aromatic N) is 1. The van der Waals surface area contributed by atoms with E-state index in [1.807, 2.05) is 30.3 Å². The molecule has 2 N–H and O–H groups in total. The molecule has 0 atom stereocenters. The fourth-order valence-electron chi connectivity index (χ4n) is 2.84.